The van der Waals surface area contributed by atoms with Crippen LogP contribution in [0.15, 0.2) is 60.7 Å². The summed E-state index contributed by atoms with van der Waals surface area (Å²) in [7, 11) is 0. The molecule has 0 aliphatic carbocycles. The fourth-order valence-corrected chi connectivity index (χ4v) is 1.95. The number of carbonyl (C=O) groups excluding carboxylic acids is 2. The van der Waals surface area contributed by atoms with Crippen LogP contribution in [-0.4, -0.2) is 23.5 Å². The zero-order valence-corrected chi connectivity index (χ0v) is 14.3. The molecule has 2 aromatic carbocycles. The molecule has 0 saturated heterocycles. The first kappa shape index (κ1) is 20.6. The second kappa shape index (κ2) is 10.4. The Kier molecular flexibility index (Phi) is 8.55. The molecule has 25 heavy (non-hydrogen) atoms. The molecule has 0 saturated carbocycles. The van der Waals surface area contributed by atoms with E-state index >= 15 is 0 Å². The van der Waals surface area contributed by atoms with E-state index < -0.39 is 11.8 Å². The Morgan fingerprint density at radius 3 is 2.52 bits per heavy atom. The van der Waals surface area contributed by atoms with Gasteiger partial charge in [-0.3, -0.25) is 4.79 Å². The number of ether oxygens (including phenoxy) is 2. The van der Waals surface area contributed by atoms with Crippen LogP contribution in [-0.2, 0) is 20.9 Å². The quantitative estimate of drug-likeness (QED) is 0.261. The van der Waals surface area contributed by atoms with Gasteiger partial charge in [-0.05, 0) is 24.6 Å². The van der Waals surface area contributed by atoms with E-state index in [1.54, 1.807) is 31.2 Å². The molecular formula is C19H19LiO5. The van der Waals surface area contributed by atoms with Gasteiger partial charge in [-0.1, -0.05) is 42.5 Å². The summed E-state index contributed by atoms with van der Waals surface area (Å²) in [6, 6.07) is 16.3. The number of ketones is 1. The first-order chi connectivity index (χ1) is 11.6. The van der Waals surface area contributed by atoms with Gasteiger partial charge < -0.3 is 16.0 Å². The Hall–Kier alpha value is -2.48. The minimum absolute atomic E-state index is 0. The summed E-state index contributed by atoms with van der Waals surface area (Å²) in [6.45, 7) is 2.08. The van der Waals surface area contributed by atoms with Gasteiger partial charge in [0.05, 0.1) is 6.61 Å². The van der Waals surface area contributed by atoms with Crippen LogP contribution in [0, 0.1) is 0 Å². The van der Waals surface area contributed by atoms with Crippen LogP contribution in [0.3, 0.4) is 0 Å². The van der Waals surface area contributed by atoms with Crippen LogP contribution in [0.5, 0.6) is 5.75 Å². The molecule has 0 atom stereocenters. The van der Waals surface area contributed by atoms with Gasteiger partial charge in [-0.2, -0.15) is 0 Å². The molecule has 0 unspecified atom stereocenters. The van der Waals surface area contributed by atoms with E-state index in [0.29, 0.717) is 17.9 Å². The normalized spacial score (nSPS) is 10.5. The van der Waals surface area contributed by atoms with Crippen LogP contribution < -0.4 is 23.6 Å². The summed E-state index contributed by atoms with van der Waals surface area (Å²) < 4.78 is 10.2. The van der Waals surface area contributed by atoms with Crippen molar-refractivity contribution in [2.75, 3.05) is 6.61 Å². The fourth-order valence-electron chi connectivity index (χ4n) is 1.95. The van der Waals surface area contributed by atoms with Gasteiger partial charge in [-0.15, -0.1) is 0 Å². The van der Waals surface area contributed by atoms with Crippen molar-refractivity contribution in [3.63, 3.8) is 0 Å². The zero-order chi connectivity index (χ0) is 17.4. The fraction of sp³-hybridized carbons (Fsp3) is 0.158. The van der Waals surface area contributed by atoms with E-state index in [-0.39, 0.29) is 32.7 Å². The van der Waals surface area contributed by atoms with E-state index in [1.807, 2.05) is 30.3 Å². The van der Waals surface area contributed by atoms with Crippen LogP contribution in [0.4, 0.5) is 0 Å². The van der Waals surface area contributed by atoms with Crippen molar-refractivity contribution in [2.24, 2.45) is 0 Å². The molecule has 5 nitrogen and oxygen atoms in total. The number of benzene rings is 2. The molecule has 0 spiro atoms. The van der Waals surface area contributed by atoms with Gasteiger partial charge in [0.2, 0.25) is 0 Å². The second-order valence-electron chi connectivity index (χ2n) is 4.92. The molecule has 0 bridgehead atoms. The van der Waals surface area contributed by atoms with Crippen molar-refractivity contribution < 1.29 is 44.5 Å². The molecule has 2 rings (SSSR count). The standard InChI is InChI=1S/C19H18O5.Li.H/c1-2-23-19(22)18(21)12-17(20)15-9-6-10-16(11-15)24-13-14-7-4-3-5-8-14;;/h3-12,20H,2,13H2,1H3;;/q;+1;-1. The maximum absolute atomic E-state index is 11.6. The molecule has 2 aromatic rings. The summed E-state index contributed by atoms with van der Waals surface area (Å²) in [5.74, 6) is -1.69. The van der Waals surface area contributed by atoms with Gasteiger partial charge in [0.25, 0.3) is 5.78 Å². The number of hydrogen-bond acceptors (Lipinski definition) is 5. The maximum atomic E-state index is 11.6. The van der Waals surface area contributed by atoms with Crippen LogP contribution in [0.25, 0.3) is 5.76 Å². The van der Waals surface area contributed by atoms with E-state index in [4.69, 9.17) is 4.74 Å². The number of hydrogen-bond donors (Lipinski definition) is 1. The summed E-state index contributed by atoms with van der Waals surface area (Å²) >= 11 is 0. The van der Waals surface area contributed by atoms with Crippen molar-refractivity contribution in [1.29, 1.82) is 0 Å². The summed E-state index contributed by atoms with van der Waals surface area (Å²) in [5, 5.41) is 9.99. The molecule has 0 aliphatic heterocycles. The number of esters is 1. The first-order valence-electron chi connectivity index (χ1n) is 7.49. The van der Waals surface area contributed by atoms with Gasteiger partial charge in [0, 0.05) is 11.6 Å². The van der Waals surface area contributed by atoms with Crippen LogP contribution in [0.1, 0.15) is 19.5 Å². The Morgan fingerprint density at radius 1 is 1.12 bits per heavy atom. The number of carbonyl (C=O) groups is 2. The van der Waals surface area contributed by atoms with Gasteiger partial charge in [0.15, 0.2) is 0 Å². The van der Waals surface area contributed by atoms with Crippen LogP contribution >= 0.6 is 0 Å². The Balaban J connectivity index is 0.00000312. The first-order valence-corrected chi connectivity index (χ1v) is 7.49. The molecule has 0 heterocycles. The molecule has 1 N–H and O–H groups in total. The van der Waals surface area contributed by atoms with Crippen molar-refractivity contribution in [1.82, 2.24) is 0 Å². The Labute approximate surface area is 159 Å². The summed E-state index contributed by atoms with van der Waals surface area (Å²) in [5.41, 5.74) is 1.39. The van der Waals surface area contributed by atoms with E-state index in [0.717, 1.165) is 11.6 Å². The molecule has 0 aliphatic rings. The van der Waals surface area contributed by atoms with Gasteiger partial charge >= 0.3 is 24.8 Å². The number of rotatable bonds is 7. The molecule has 0 aromatic heterocycles. The van der Waals surface area contributed by atoms with Crippen molar-refractivity contribution in [2.45, 2.75) is 13.5 Å². The largest absolute Gasteiger partial charge is 1.00 e. The average molecular weight is 334 g/mol. The third-order valence-corrected chi connectivity index (χ3v) is 3.12. The average Bonchev–Trinajstić information content (AvgIpc) is 2.61. The predicted octanol–water partition coefficient (Wildman–Crippen LogP) is 0.413. The zero-order valence-electron chi connectivity index (χ0n) is 15.3. The number of aliphatic hydroxyl groups excluding tert-OH is 1. The smallest absolute Gasteiger partial charge is 1.00 e. The predicted molar refractivity (Wildman–Crippen MR) is 90.6 cm³/mol. The summed E-state index contributed by atoms with van der Waals surface area (Å²) in [6.07, 6.45) is 0.842. The van der Waals surface area contributed by atoms with E-state index in [1.165, 1.54) is 0 Å². The third-order valence-electron chi connectivity index (χ3n) is 3.12. The van der Waals surface area contributed by atoms with E-state index in [9.17, 15) is 14.7 Å². The van der Waals surface area contributed by atoms with Crippen LogP contribution in [0.2, 0.25) is 0 Å². The minimum Gasteiger partial charge on any atom is -1.00 e. The van der Waals surface area contributed by atoms with Crippen molar-refractivity contribution in [3.05, 3.63) is 71.8 Å². The molecular weight excluding hydrogens is 315 g/mol. The molecule has 0 fully saturated rings. The Bertz CT molecular complexity index is 747. The maximum Gasteiger partial charge on any atom is 1.00 e. The molecule has 6 heteroatoms. The second-order valence-corrected chi connectivity index (χ2v) is 4.92. The van der Waals surface area contributed by atoms with Crippen molar-refractivity contribution in [3.8, 4) is 5.75 Å². The third kappa shape index (κ3) is 6.50. The molecule has 0 amide bonds. The molecule has 0 radical (unpaired) electrons. The minimum atomic E-state index is -1.000. The monoisotopic (exact) mass is 334 g/mol. The summed E-state index contributed by atoms with van der Waals surface area (Å²) in [4.78, 5) is 22.9. The van der Waals surface area contributed by atoms with Crippen molar-refractivity contribution >= 4 is 17.5 Å². The topological polar surface area (TPSA) is 72.8 Å². The molecule has 126 valence electrons. The number of aliphatic hydroxyl groups is 1. The van der Waals surface area contributed by atoms with Gasteiger partial charge in [0.1, 0.15) is 18.1 Å². The SMILES string of the molecule is CCOC(=O)C(=O)C=C(O)c1cccc(OCc2ccccc2)c1.[H-].[Li+]. The van der Waals surface area contributed by atoms with E-state index in [2.05, 4.69) is 4.74 Å². The van der Waals surface area contributed by atoms with Gasteiger partial charge in [-0.25, -0.2) is 4.79 Å². The Morgan fingerprint density at radius 2 is 1.84 bits per heavy atom.